The van der Waals surface area contributed by atoms with Crippen molar-refractivity contribution in [3.63, 3.8) is 0 Å². The molecular weight excluding hydrogens is 150 g/mol. The second-order valence-corrected chi connectivity index (χ2v) is 2.92. The fraction of sp³-hybridized carbons (Fsp3) is 0.400. The predicted molar refractivity (Wildman–Crippen MR) is 51.2 cm³/mol. The number of aliphatic hydroxyl groups is 1. The molecule has 0 aromatic heterocycles. The van der Waals surface area contributed by atoms with Gasteiger partial charge in [-0.3, -0.25) is 0 Å². The molecule has 12 heavy (non-hydrogen) atoms. The van der Waals surface area contributed by atoms with Crippen LogP contribution in [-0.2, 0) is 0 Å². The Kier molecular flexibility index (Phi) is 3.61. The first kappa shape index (κ1) is 9.07. The molecule has 0 aliphatic carbocycles. The predicted octanol–water partition coefficient (Wildman–Crippen LogP) is 1.87. The zero-order chi connectivity index (χ0) is 8.81. The van der Waals surface area contributed by atoms with E-state index >= 15 is 0 Å². The SMILES string of the molecule is C[C@@H](CCO)Nc1ccccc1. The van der Waals surface area contributed by atoms with E-state index < -0.39 is 0 Å². The average Bonchev–Trinajstić information content (AvgIpc) is 2.06. The van der Waals surface area contributed by atoms with Crippen molar-refractivity contribution in [2.45, 2.75) is 19.4 Å². The molecule has 0 heterocycles. The molecular formula is C10H15NO. The van der Waals surface area contributed by atoms with Crippen LogP contribution in [0.1, 0.15) is 13.3 Å². The fourth-order valence-electron chi connectivity index (χ4n) is 1.08. The maximum absolute atomic E-state index is 8.67. The van der Waals surface area contributed by atoms with Crippen LogP contribution >= 0.6 is 0 Å². The number of aliphatic hydroxyl groups excluding tert-OH is 1. The molecule has 1 aromatic carbocycles. The Morgan fingerprint density at radius 1 is 1.33 bits per heavy atom. The summed E-state index contributed by atoms with van der Waals surface area (Å²) in [6, 6.07) is 10.4. The largest absolute Gasteiger partial charge is 0.396 e. The molecule has 0 aliphatic heterocycles. The highest BCUT2D eigenvalue weighted by Gasteiger charge is 1.98. The average molecular weight is 165 g/mol. The number of nitrogens with one attached hydrogen (secondary N) is 1. The molecule has 1 atom stereocenters. The Labute approximate surface area is 73.2 Å². The van der Waals surface area contributed by atoms with Gasteiger partial charge in [-0.15, -0.1) is 0 Å². The molecule has 0 amide bonds. The lowest BCUT2D eigenvalue weighted by Crippen LogP contribution is -2.16. The smallest absolute Gasteiger partial charge is 0.0450 e. The Morgan fingerprint density at radius 3 is 2.58 bits per heavy atom. The molecule has 0 fully saturated rings. The van der Waals surface area contributed by atoms with E-state index in [9.17, 15) is 0 Å². The van der Waals surface area contributed by atoms with Gasteiger partial charge in [0, 0.05) is 18.3 Å². The van der Waals surface area contributed by atoms with Gasteiger partial charge in [0.05, 0.1) is 0 Å². The summed E-state index contributed by atoms with van der Waals surface area (Å²) in [5.41, 5.74) is 1.11. The van der Waals surface area contributed by atoms with E-state index in [-0.39, 0.29) is 6.61 Å². The Bertz CT molecular complexity index is 210. The Morgan fingerprint density at radius 2 is 2.00 bits per heavy atom. The first-order chi connectivity index (χ1) is 5.83. The van der Waals surface area contributed by atoms with Gasteiger partial charge in [0.2, 0.25) is 0 Å². The second kappa shape index (κ2) is 4.78. The summed E-state index contributed by atoms with van der Waals surface area (Å²) in [5, 5.41) is 12.0. The van der Waals surface area contributed by atoms with Gasteiger partial charge in [0.15, 0.2) is 0 Å². The van der Waals surface area contributed by atoms with Gasteiger partial charge in [-0.2, -0.15) is 0 Å². The standard InChI is InChI=1S/C10H15NO/c1-9(7-8-12)11-10-5-3-2-4-6-10/h2-6,9,11-12H,7-8H2,1H3/t9-/m0/s1. The van der Waals surface area contributed by atoms with Gasteiger partial charge in [0.1, 0.15) is 0 Å². The van der Waals surface area contributed by atoms with Crippen molar-refractivity contribution in [2.75, 3.05) is 11.9 Å². The molecule has 2 heteroatoms. The van der Waals surface area contributed by atoms with Crippen molar-refractivity contribution >= 4 is 5.69 Å². The highest BCUT2D eigenvalue weighted by Crippen LogP contribution is 2.07. The molecule has 0 saturated carbocycles. The summed E-state index contributed by atoms with van der Waals surface area (Å²) >= 11 is 0. The van der Waals surface area contributed by atoms with Crippen molar-refractivity contribution in [1.82, 2.24) is 0 Å². The Balaban J connectivity index is 2.41. The lowest BCUT2D eigenvalue weighted by Gasteiger charge is -2.13. The molecule has 0 radical (unpaired) electrons. The summed E-state index contributed by atoms with van der Waals surface area (Å²) in [6.45, 7) is 2.30. The van der Waals surface area contributed by atoms with Gasteiger partial charge < -0.3 is 10.4 Å². The normalized spacial score (nSPS) is 12.5. The van der Waals surface area contributed by atoms with Crippen molar-refractivity contribution < 1.29 is 5.11 Å². The van der Waals surface area contributed by atoms with Gasteiger partial charge in [-0.05, 0) is 25.5 Å². The van der Waals surface area contributed by atoms with Crippen LogP contribution in [0.2, 0.25) is 0 Å². The first-order valence-corrected chi connectivity index (χ1v) is 4.25. The van der Waals surface area contributed by atoms with Gasteiger partial charge in [0.25, 0.3) is 0 Å². The Hall–Kier alpha value is -1.02. The molecule has 0 aliphatic rings. The van der Waals surface area contributed by atoms with Gasteiger partial charge in [-0.25, -0.2) is 0 Å². The van der Waals surface area contributed by atoms with Crippen molar-refractivity contribution in [3.8, 4) is 0 Å². The number of rotatable bonds is 4. The van der Waals surface area contributed by atoms with E-state index in [2.05, 4.69) is 12.2 Å². The molecule has 66 valence electrons. The molecule has 1 rings (SSSR count). The van der Waals surface area contributed by atoms with Crippen LogP contribution in [0, 0.1) is 0 Å². The number of hydrogen-bond donors (Lipinski definition) is 2. The van der Waals surface area contributed by atoms with Crippen LogP contribution in [0.4, 0.5) is 5.69 Å². The number of anilines is 1. The molecule has 0 unspecified atom stereocenters. The molecule has 0 bridgehead atoms. The van der Waals surface area contributed by atoms with Crippen molar-refractivity contribution in [2.24, 2.45) is 0 Å². The van der Waals surface area contributed by atoms with Crippen LogP contribution < -0.4 is 5.32 Å². The van der Waals surface area contributed by atoms with Gasteiger partial charge >= 0.3 is 0 Å². The van der Waals surface area contributed by atoms with Crippen molar-refractivity contribution in [1.29, 1.82) is 0 Å². The fourth-order valence-corrected chi connectivity index (χ4v) is 1.08. The van der Waals surface area contributed by atoms with E-state index in [0.717, 1.165) is 12.1 Å². The van der Waals surface area contributed by atoms with Crippen LogP contribution in [0.5, 0.6) is 0 Å². The molecule has 1 aromatic rings. The van der Waals surface area contributed by atoms with Gasteiger partial charge in [-0.1, -0.05) is 18.2 Å². The molecule has 2 N–H and O–H groups in total. The molecule has 0 saturated heterocycles. The van der Waals surface area contributed by atoms with Crippen LogP contribution in [-0.4, -0.2) is 17.8 Å². The molecule has 0 spiro atoms. The summed E-state index contributed by atoms with van der Waals surface area (Å²) < 4.78 is 0. The van der Waals surface area contributed by atoms with E-state index in [1.54, 1.807) is 0 Å². The first-order valence-electron chi connectivity index (χ1n) is 4.25. The topological polar surface area (TPSA) is 32.3 Å². The zero-order valence-corrected chi connectivity index (χ0v) is 7.33. The third-order valence-electron chi connectivity index (χ3n) is 1.75. The number of para-hydroxylation sites is 1. The summed E-state index contributed by atoms with van der Waals surface area (Å²) in [4.78, 5) is 0. The summed E-state index contributed by atoms with van der Waals surface area (Å²) in [6.07, 6.45) is 0.787. The van der Waals surface area contributed by atoms with E-state index in [1.165, 1.54) is 0 Å². The van der Waals surface area contributed by atoms with Crippen LogP contribution in [0.15, 0.2) is 30.3 Å². The second-order valence-electron chi connectivity index (χ2n) is 2.92. The zero-order valence-electron chi connectivity index (χ0n) is 7.33. The minimum Gasteiger partial charge on any atom is -0.396 e. The van der Waals surface area contributed by atoms with E-state index in [0.29, 0.717) is 6.04 Å². The number of hydrogen-bond acceptors (Lipinski definition) is 2. The highest BCUT2D eigenvalue weighted by molar-refractivity contribution is 5.43. The minimum absolute atomic E-state index is 0.237. The third kappa shape index (κ3) is 2.93. The monoisotopic (exact) mass is 165 g/mol. The summed E-state index contributed by atoms with van der Waals surface area (Å²) in [7, 11) is 0. The van der Waals surface area contributed by atoms with E-state index in [1.807, 2.05) is 30.3 Å². The number of benzene rings is 1. The maximum atomic E-state index is 8.67. The lowest BCUT2D eigenvalue weighted by atomic mass is 10.2. The van der Waals surface area contributed by atoms with Crippen LogP contribution in [0.3, 0.4) is 0 Å². The van der Waals surface area contributed by atoms with E-state index in [4.69, 9.17) is 5.11 Å². The van der Waals surface area contributed by atoms with Crippen LogP contribution in [0.25, 0.3) is 0 Å². The lowest BCUT2D eigenvalue weighted by molar-refractivity contribution is 0.282. The molecule has 2 nitrogen and oxygen atoms in total. The summed E-state index contributed by atoms with van der Waals surface area (Å²) in [5.74, 6) is 0. The quantitative estimate of drug-likeness (QED) is 0.713. The third-order valence-corrected chi connectivity index (χ3v) is 1.75. The van der Waals surface area contributed by atoms with Crippen molar-refractivity contribution in [3.05, 3.63) is 30.3 Å². The maximum Gasteiger partial charge on any atom is 0.0450 e. The minimum atomic E-state index is 0.237. The highest BCUT2D eigenvalue weighted by atomic mass is 16.3.